The molecule has 78 valence electrons. The average molecular weight is 210 g/mol. The third-order valence-corrected chi connectivity index (χ3v) is 3.71. The van der Waals surface area contributed by atoms with Crippen molar-refractivity contribution in [1.29, 1.82) is 0 Å². The molecule has 0 saturated carbocycles. The van der Waals surface area contributed by atoms with Crippen LogP contribution in [0.1, 0.15) is 18.4 Å². The molecule has 0 radical (unpaired) electrons. The number of nitrogens with one attached hydrogen (secondary N) is 1. The van der Waals surface area contributed by atoms with Crippen LogP contribution in [0.5, 0.6) is 0 Å². The van der Waals surface area contributed by atoms with E-state index in [4.69, 9.17) is 0 Å². The number of thiophene rings is 1. The number of hydrogen-bond donors (Lipinski definition) is 1. The van der Waals surface area contributed by atoms with Crippen LogP contribution >= 0.6 is 11.3 Å². The van der Waals surface area contributed by atoms with Crippen LogP contribution in [-0.2, 0) is 6.54 Å². The number of piperidine rings is 1. The van der Waals surface area contributed by atoms with E-state index in [-0.39, 0.29) is 0 Å². The first-order valence-corrected chi connectivity index (χ1v) is 6.23. The standard InChI is InChI=1S/C11H18N2S/c1-12-11-2-5-13(6-3-11)8-10-4-7-14-9-10/h4,7,9,11-12H,2-3,5-6,8H2,1H3. The topological polar surface area (TPSA) is 15.3 Å². The predicted octanol–water partition coefficient (Wildman–Crippen LogP) is 1.93. The second kappa shape index (κ2) is 4.91. The maximum absolute atomic E-state index is 3.36. The molecule has 0 aromatic carbocycles. The first-order valence-electron chi connectivity index (χ1n) is 5.29. The number of nitrogens with zero attached hydrogens (tertiary/aromatic N) is 1. The summed E-state index contributed by atoms with van der Waals surface area (Å²) in [7, 11) is 2.07. The van der Waals surface area contributed by atoms with E-state index < -0.39 is 0 Å². The van der Waals surface area contributed by atoms with Gasteiger partial charge in [-0.05, 0) is 55.4 Å². The van der Waals surface area contributed by atoms with E-state index in [1.54, 1.807) is 11.3 Å². The molecule has 1 aliphatic heterocycles. The molecule has 0 unspecified atom stereocenters. The van der Waals surface area contributed by atoms with Crippen LogP contribution in [0.4, 0.5) is 0 Å². The molecule has 0 atom stereocenters. The molecule has 1 N–H and O–H groups in total. The molecule has 1 aliphatic rings. The third-order valence-electron chi connectivity index (χ3n) is 2.98. The lowest BCUT2D eigenvalue weighted by Gasteiger charge is -2.31. The number of rotatable bonds is 3. The maximum Gasteiger partial charge on any atom is 0.0242 e. The van der Waals surface area contributed by atoms with Gasteiger partial charge in [0, 0.05) is 12.6 Å². The molecule has 1 fully saturated rings. The van der Waals surface area contributed by atoms with Crippen LogP contribution in [0, 0.1) is 0 Å². The molecule has 0 amide bonds. The predicted molar refractivity (Wildman–Crippen MR) is 61.7 cm³/mol. The van der Waals surface area contributed by atoms with Crippen molar-refractivity contribution in [2.24, 2.45) is 0 Å². The zero-order valence-electron chi connectivity index (χ0n) is 8.70. The van der Waals surface area contributed by atoms with E-state index in [0.717, 1.165) is 12.6 Å². The van der Waals surface area contributed by atoms with Gasteiger partial charge >= 0.3 is 0 Å². The second-order valence-electron chi connectivity index (χ2n) is 3.97. The first kappa shape index (κ1) is 10.1. The lowest BCUT2D eigenvalue weighted by molar-refractivity contribution is 0.195. The van der Waals surface area contributed by atoms with Gasteiger partial charge in [-0.3, -0.25) is 4.90 Å². The van der Waals surface area contributed by atoms with Gasteiger partial charge in [-0.1, -0.05) is 0 Å². The number of likely N-dealkylation sites (tertiary alicyclic amines) is 1. The molecule has 1 aromatic rings. The summed E-state index contributed by atoms with van der Waals surface area (Å²) < 4.78 is 0. The third kappa shape index (κ3) is 2.56. The van der Waals surface area contributed by atoms with Crippen molar-refractivity contribution >= 4 is 11.3 Å². The monoisotopic (exact) mass is 210 g/mol. The Morgan fingerprint density at radius 1 is 1.50 bits per heavy atom. The molecule has 3 heteroatoms. The van der Waals surface area contributed by atoms with Gasteiger partial charge in [0.25, 0.3) is 0 Å². The smallest absolute Gasteiger partial charge is 0.0242 e. The summed E-state index contributed by atoms with van der Waals surface area (Å²) in [5.74, 6) is 0. The van der Waals surface area contributed by atoms with E-state index in [1.165, 1.54) is 31.5 Å². The Kier molecular flexibility index (Phi) is 3.56. The zero-order valence-corrected chi connectivity index (χ0v) is 9.52. The Morgan fingerprint density at radius 3 is 2.86 bits per heavy atom. The minimum absolute atomic E-state index is 0.744. The van der Waals surface area contributed by atoms with Gasteiger partial charge in [-0.2, -0.15) is 11.3 Å². The molecule has 1 saturated heterocycles. The molecule has 0 aliphatic carbocycles. The Bertz CT molecular complexity index is 250. The highest BCUT2D eigenvalue weighted by Gasteiger charge is 2.17. The number of hydrogen-bond acceptors (Lipinski definition) is 3. The summed E-state index contributed by atoms with van der Waals surface area (Å²) in [4.78, 5) is 2.55. The van der Waals surface area contributed by atoms with Crippen LogP contribution in [0.15, 0.2) is 16.8 Å². The summed E-state index contributed by atoms with van der Waals surface area (Å²) in [5, 5.41) is 7.78. The molecule has 2 heterocycles. The zero-order chi connectivity index (χ0) is 9.80. The summed E-state index contributed by atoms with van der Waals surface area (Å²) in [6, 6.07) is 2.98. The summed E-state index contributed by atoms with van der Waals surface area (Å²) in [5.41, 5.74) is 1.47. The SMILES string of the molecule is CNC1CCN(Cc2ccsc2)CC1. The summed E-state index contributed by atoms with van der Waals surface area (Å²) in [6.07, 6.45) is 2.58. The Hall–Kier alpha value is -0.380. The van der Waals surface area contributed by atoms with Crippen molar-refractivity contribution in [2.75, 3.05) is 20.1 Å². The molecular formula is C11H18N2S. The summed E-state index contributed by atoms with van der Waals surface area (Å²) in [6.45, 7) is 3.61. The van der Waals surface area contributed by atoms with Crippen molar-refractivity contribution in [3.63, 3.8) is 0 Å². The maximum atomic E-state index is 3.36. The molecule has 14 heavy (non-hydrogen) atoms. The molecule has 1 aromatic heterocycles. The molecule has 2 rings (SSSR count). The molecule has 0 spiro atoms. The first-order chi connectivity index (χ1) is 6.88. The fraction of sp³-hybridized carbons (Fsp3) is 0.636. The highest BCUT2D eigenvalue weighted by atomic mass is 32.1. The van der Waals surface area contributed by atoms with Crippen LogP contribution in [0.25, 0.3) is 0 Å². The van der Waals surface area contributed by atoms with Crippen molar-refractivity contribution in [1.82, 2.24) is 10.2 Å². The minimum Gasteiger partial charge on any atom is -0.317 e. The van der Waals surface area contributed by atoms with Gasteiger partial charge in [0.1, 0.15) is 0 Å². The van der Waals surface area contributed by atoms with Gasteiger partial charge in [0.05, 0.1) is 0 Å². The normalized spacial score (nSPS) is 20.1. The van der Waals surface area contributed by atoms with Gasteiger partial charge in [-0.15, -0.1) is 0 Å². The van der Waals surface area contributed by atoms with E-state index >= 15 is 0 Å². The van der Waals surface area contributed by atoms with Gasteiger partial charge in [-0.25, -0.2) is 0 Å². The van der Waals surface area contributed by atoms with Gasteiger partial charge in [0.15, 0.2) is 0 Å². The van der Waals surface area contributed by atoms with Crippen molar-refractivity contribution < 1.29 is 0 Å². The highest BCUT2D eigenvalue weighted by Crippen LogP contribution is 2.15. The second-order valence-corrected chi connectivity index (χ2v) is 4.75. The van der Waals surface area contributed by atoms with E-state index in [0.29, 0.717) is 0 Å². The van der Waals surface area contributed by atoms with E-state index in [1.807, 2.05) is 0 Å². The fourth-order valence-corrected chi connectivity index (χ4v) is 2.68. The Balaban J connectivity index is 1.79. The van der Waals surface area contributed by atoms with Crippen molar-refractivity contribution in [2.45, 2.75) is 25.4 Å². The van der Waals surface area contributed by atoms with Gasteiger partial charge in [0.2, 0.25) is 0 Å². The fourth-order valence-electron chi connectivity index (χ4n) is 2.02. The van der Waals surface area contributed by atoms with Crippen LogP contribution in [-0.4, -0.2) is 31.1 Å². The summed E-state index contributed by atoms with van der Waals surface area (Å²) >= 11 is 1.79. The lowest BCUT2D eigenvalue weighted by Crippen LogP contribution is -2.40. The van der Waals surface area contributed by atoms with E-state index in [2.05, 4.69) is 34.1 Å². The van der Waals surface area contributed by atoms with Crippen molar-refractivity contribution in [3.8, 4) is 0 Å². The molecule has 0 bridgehead atoms. The van der Waals surface area contributed by atoms with Crippen molar-refractivity contribution in [3.05, 3.63) is 22.4 Å². The quantitative estimate of drug-likeness (QED) is 0.820. The molecule has 2 nitrogen and oxygen atoms in total. The Morgan fingerprint density at radius 2 is 2.29 bits per heavy atom. The minimum atomic E-state index is 0.744. The average Bonchev–Trinajstić information content (AvgIpc) is 2.72. The van der Waals surface area contributed by atoms with Crippen LogP contribution < -0.4 is 5.32 Å². The highest BCUT2D eigenvalue weighted by molar-refractivity contribution is 7.07. The molecular weight excluding hydrogens is 192 g/mol. The lowest BCUT2D eigenvalue weighted by atomic mass is 10.1. The Labute approximate surface area is 89.9 Å². The van der Waals surface area contributed by atoms with Crippen LogP contribution in [0.3, 0.4) is 0 Å². The van der Waals surface area contributed by atoms with Gasteiger partial charge < -0.3 is 5.32 Å². The van der Waals surface area contributed by atoms with E-state index in [9.17, 15) is 0 Å². The largest absolute Gasteiger partial charge is 0.317 e. The van der Waals surface area contributed by atoms with Crippen LogP contribution in [0.2, 0.25) is 0 Å².